The van der Waals surface area contributed by atoms with Gasteiger partial charge in [0.1, 0.15) is 0 Å². The third-order valence-corrected chi connectivity index (χ3v) is 5.84. The Balaban J connectivity index is 2.10. The standard InChI is InChI=1S/C17H20BrN3O3S/c1-12-7-8-15(25(23,24)21(2)3)10-16(12)20-17(22)11-19-14-6-4-5-13(18)9-14/h4-10,19H,11H2,1-3H3,(H,20,22). The van der Waals surface area contributed by atoms with Crippen molar-refractivity contribution < 1.29 is 13.2 Å². The summed E-state index contributed by atoms with van der Waals surface area (Å²) in [5.74, 6) is -0.262. The molecule has 0 saturated carbocycles. The molecule has 0 aliphatic rings. The Morgan fingerprint density at radius 2 is 1.88 bits per heavy atom. The van der Waals surface area contributed by atoms with Crippen LogP contribution in [0.5, 0.6) is 0 Å². The number of hydrogen-bond donors (Lipinski definition) is 2. The Labute approximate surface area is 156 Å². The summed E-state index contributed by atoms with van der Waals surface area (Å²) in [6.07, 6.45) is 0. The molecule has 2 rings (SSSR count). The number of halogens is 1. The Morgan fingerprint density at radius 3 is 2.52 bits per heavy atom. The van der Waals surface area contributed by atoms with Crippen LogP contribution in [0, 0.1) is 6.92 Å². The highest BCUT2D eigenvalue weighted by Crippen LogP contribution is 2.22. The van der Waals surface area contributed by atoms with Gasteiger partial charge in [0.25, 0.3) is 0 Å². The number of nitrogens with zero attached hydrogens (tertiary/aromatic N) is 1. The zero-order chi connectivity index (χ0) is 18.6. The van der Waals surface area contributed by atoms with Crippen molar-refractivity contribution in [2.24, 2.45) is 0 Å². The number of sulfonamides is 1. The van der Waals surface area contributed by atoms with E-state index in [-0.39, 0.29) is 17.3 Å². The van der Waals surface area contributed by atoms with Crippen molar-refractivity contribution in [3.63, 3.8) is 0 Å². The second-order valence-corrected chi connectivity index (χ2v) is 8.74. The molecule has 0 spiro atoms. The van der Waals surface area contributed by atoms with Gasteiger partial charge in [0.2, 0.25) is 15.9 Å². The number of carbonyl (C=O) groups is 1. The zero-order valence-electron chi connectivity index (χ0n) is 14.2. The first-order chi connectivity index (χ1) is 11.7. The van der Waals surface area contributed by atoms with Crippen molar-refractivity contribution in [2.75, 3.05) is 31.3 Å². The molecule has 25 heavy (non-hydrogen) atoms. The molecular formula is C17H20BrN3O3S. The topological polar surface area (TPSA) is 78.5 Å². The van der Waals surface area contributed by atoms with Crippen molar-refractivity contribution in [2.45, 2.75) is 11.8 Å². The molecule has 0 aliphatic carbocycles. The minimum atomic E-state index is -3.55. The molecule has 0 heterocycles. The van der Waals surface area contributed by atoms with E-state index in [1.54, 1.807) is 6.07 Å². The molecule has 6 nitrogen and oxygen atoms in total. The molecule has 2 N–H and O–H groups in total. The molecule has 2 aromatic rings. The van der Waals surface area contributed by atoms with E-state index in [1.165, 1.54) is 26.2 Å². The van der Waals surface area contributed by atoms with E-state index in [2.05, 4.69) is 26.6 Å². The molecule has 0 fully saturated rings. The second-order valence-electron chi connectivity index (χ2n) is 5.68. The van der Waals surface area contributed by atoms with Crippen molar-refractivity contribution >= 4 is 43.2 Å². The van der Waals surface area contributed by atoms with E-state index in [1.807, 2.05) is 31.2 Å². The molecule has 0 atom stereocenters. The van der Waals surface area contributed by atoms with Crippen LogP contribution in [0.15, 0.2) is 51.8 Å². The lowest BCUT2D eigenvalue weighted by atomic mass is 10.2. The van der Waals surface area contributed by atoms with Gasteiger partial charge in [0, 0.05) is 29.9 Å². The fraction of sp³-hybridized carbons (Fsp3) is 0.235. The molecule has 2 aromatic carbocycles. The van der Waals surface area contributed by atoms with E-state index in [9.17, 15) is 13.2 Å². The molecule has 0 aromatic heterocycles. The first-order valence-corrected chi connectivity index (χ1v) is 9.76. The van der Waals surface area contributed by atoms with E-state index in [0.717, 1.165) is 20.0 Å². The van der Waals surface area contributed by atoms with Crippen molar-refractivity contribution in [3.05, 3.63) is 52.5 Å². The summed E-state index contributed by atoms with van der Waals surface area (Å²) in [4.78, 5) is 12.3. The smallest absolute Gasteiger partial charge is 0.243 e. The monoisotopic (exact) mass is 425 g/mol. The maximum atomic E-state index is 12.2. The van der Waals surface area contributed by atoms with E-state index in [0.29, 0.717) is 5.69 Å². The van der Waals surface area contributed by atoms with Crippen molar-refractivity contribution in [1.82, 2.24) is 4.31 Å². The third kappa shape index (κ3) is 5.04. The number of hydrogen-bond acceptors (Lipinski definition) is 4. The number of rotatable bonds is 6. The Morgan fingerprint density at radius 1 is 1.16 bits per heavy atom. The van der Waals surface area contributed by atoms with Gasteiger partial charge in [-0.15, -0.1) is 0 Å². The third-order valence-electron chi connectivity index (χ3n) is 3.54. The fourth-order valence-electron chi connectivity index (χ4n) is 2.08. The molecule has 0 unspecified atom stereocenters. The normalized spacial score (nSPS) is 11.4. The largest absolute Gasteiger partial charge is 0.376 e. The minimum absolute atomic E-state index is 0.0700. The van der Waals surface area contributed by atoms with Crippen LogP contribution in [-0.4, -0.2) is 39.3 Å². The molecule has 8 heteroatoms. The SMILES string of the molecule is Cc1ccc(S(=O)(=O)N(C)C)cc1NC(=O)CNc1cccc(Br)c1. The first kappa shape index (κ1) is 19.4. The summed E-state index contributed by atoms with van der Waals surface area (Å²) in [5.41, 5.74) is 2.07. The number of benzene rings is 2. The van der Waals surface area contributed by atoms with E-state index in [4.69, 9.17) is 0 Å². The van der Waals surface area contributed by atoms with Gasteiger partial charge in [-0.05, 0) is 42.8 Å². The average molecular weight is 426 g/mol. The molecule has 1 amide bonds. The number of carbonyl (C=O) groups excluding carboxylic acids is 1. The summed E-state index contributed by atoms with van der Waals surface area (Å²) in [5, 5.41) is 5.77. The van der Waals surface area contributed by atoms with Gasteiger partial charge >= 0.3 is 0 Å². The van der Waals surface area contributed by atoms with Gasteiger partial charge in [-0.2, -0.15) is 0 Å². The van der Waals surface area contributed by atoms with Crippen LogP contribution < -0.4 is 10.6 Å². The minimum Gasteiger partial charge on any atom is -0.376 e. The van der Waals surface area contributed by atoms with Crippen LogP contribution in [0.3, 0.4) is 0 Å². The Bertz CT molecular complexity index is 882. The van der Waals surface area contributed by atoms with Gasteiger partial charge in [0.15, 0.2) is 0 Å². The predicted molar refractivity (Wildman–Crippen MR) is 103 cm³/mol. The highest BCUT2D eigenvalue weighted by Gasteiger charge is 2.18. The van der Waals surface area contributed by atoms with Crippen LogP contribution in [0.2, 0.25) is 0 Å². The second kappa shape index (κ2) is 7.99. The summed E-state index contributed by atoms with van der Waals surface area (Å²) in [6, 6.07) is 12.2. The molecule has 0 aliphatic heterocycles. The number of nitrogens with one attached hydrogen (secondary N) is 2. The quantitative estimate of drug-likeness (QED) is 0.745. The van der Waals surface area contributed by atoms with E-state index >= 15 is 0 Å². The number of aryl methyl sites for hydroxylation is 1. The lowest BCUT2D eigenvalue weighted by Gasteiger charge is -2.15. The van der Waals surface area contributed by atoms with Crippen LogP contribution in [0.25, 0.3) is 0 Å². The maximum absolute atomic E-state index is 12.2. The summed E-state index contributed by atoms with van der Waals surface area (Å²) in [7, 11) is -0.616. The predicted octanol–water partition coefficient (Wildman–Crippen LogP) is 3.06. The fourth-order valence-corrected chi connectivity index (χ4v) is 3.41. The average Bonchev–Trinajstić information content (AvgIpc) is 2.55. The van der Waals surface area contributed by atoms with Crippen molar-refractivity contribution in [3.8, 4) is 0 Å². The summed E-state index contributed by atoms with van der Waals surface area (Å²) < 4.78 is 26.5. The first-order valence-electron chi connectivity index (χ1n) is 7.52. The van der Waals surface area contributed by atoms with Gasteiger partial charge in [-0.1, -0.05) is 28.1 Å². The van der Waals surface area contributed by atoms with Gasteiger partial charge < -0.3 is 10.6 Å². The van der Waals surface area contributed by atoms with Gasteiger partial charge in [-0.25, -0.2) is 12.7 Å². The van der Waals surface area contributed by atoms with Crippen LogP contribution in [-0.2, 0) is 14.8 Å². The van der Waals surface area contributed by atoms with Gasteiger partial charge in [0.05, 0.1) is 11.4 Å². The summed E-state index contributed by atoms with van der Waals surface area (Å²) >= 11 is 3.37. The van der Waals surface area contributed by atoms with Gasteiger partial charge in [-0.3, -0.25) is 4.79 Å². The Hall–Kier alpha value is -1.90. The molecule has 0 radical (unpaired) electrons. The van der Waals surface area contributed by atoms with E-state index < -0.39 is 10.0 Å². The van der Waals surface area contributed by atoms with Crippen molar-refractivity contribution in [1.29, 1.82) is 0 Å². The van der Waals surface area contributed by atoms with Crippen LogP contribution >= 0.6 is 15.9 Å². The Kier molecular flexibility index (Phi) is 6.21. The zero-order valence-corrected chi connectivity index (χ0v) is 16.6. The van der Waals surface area contributed by atoms with Crippen LogP contribution in [0.1, 0.15) is 5.56 Å². The molecule has 134 valence electrons. The lowest BCUT2D eigenvalue weighted by Crippen LogP contribution is -2.24. The molecule has 0 saturated heterocycles. The van der Waals surface area contributed by atoms with Crippen LogP contribution in [0.4, 0.5) is 11.4 Å². The highest BCUT2D eigenvalue weighted by molar-refractivity contribution is 9.10. The lowest BCUT2D eigenvalue weighted by molar-refractivity contribution is -0.114. The number of amides is 1. The number of anilines is 2. The summed E-state index contributed by atoms with van der Waals surface area (Å²) in [6.45, 7) is 1.88. The maximum Gasteiger partial charge on any atom is 0.243 e. The highest BCUT2D eigenvalue weighted by atomic mass is 79.9. The molecule has 0 bridgehead atoms. The molecular weight excluding hydrogens is 406 g/mol.